The largest absolute Gasteiger partial charge is 0.469 e. The van der Waals surface area contributed by atoms with Crippen molar-refractivity contribution in [3.05, 3.63) is 0 Å². The minimum Gasteiger partial charge on any atom is -0.469 e. The van der Waals surface area contributed by atoms with Crippen molar-refractivity contribution in [2.45, 2.75) is 62.3 Å². The summed E-state index contributed by atoms with van der Waals surface area (Å²) in [4.78, 5) is 12.0. The van der Waals surface area contributed by atoms with Crippen LogP contribution < -0.4 is 5.32 Å². The number of carbonyl (C=O) groups excluding carboxylic acids is 1. The zero-order chi connectivity index (χ0) is 15.7. The number of rotatable bonds is 3. The number of fused-ring (bicyclic) bond motifs is 2. The highest BCUT2D eigenvalue weighted by Gasteiger charge is 2.45. The lowest BCUT2D eigenvalue weighted by Gasteiger charge is -2.43. The summed E-state index contributed by atoms with van der Waals surface area (Å²) in [5.41, 5.74) is 0. The van der Waals surface area contributed by atoms with Crippen molar-refractivity contribution in [1.82, 2.24) is 9.62 Å². The van der Waals surface area contributed by atoms with Gasteiger partial charge in [-0.25, -0.2) is 8.42 Å². The summed E-state index contributed by atoms with van der Waals surface area (Å²) >= 11 is 0. The second kappa shape index (κ2) is 7.68. The molecule has 1 N–H and O–H groups in total. The van der Waals surface area contributed by atoms with Gasteiger partial charge in [-0.2, -0.15) is 4.31 Å². The predicted octanol–water partition coefficient (Wildman–Crippen LogP) is 1.30. The van der Waals surface area contributed by atoms with E-state index in [1.165, 1.54) is 13.5 Å². The van der Waals surface area contributed by atoms with E-state index in [1.54, 1.807) is 4.31 Å². The van der Waals surface area contributed by atoms with Gasteiger partial charge in [0.05, 0.1) is 18.3 Å². The summed E-state index contributed by atoms with van der Waals surface area (Å²) in [6, 6.07) is 0.532. The van der Waals surface area contributed by atoms with Gasteiger partial charge in [0.1, 0.15) is 0 Å². The molecule has 0 aromatic carbocycles. The van der Waals surface area contributed by atoms with E-state index in [9.17, 15) is 13.2 Å². The van der Waals surface area contributed by atoms with Gasteiger partial charge in [-0.15, -0.1) is 12.4 Å². The van der Waals surface area contributed by atoms with E-state index >= 15 is 0 Å². The van der Waals surface area contributed by atoms with Crippen LogP contribution in [0.15, 0.2) is 0 Å². The van der Waals surface area contributed by atoms with Gasteiger partial charge in [0.2, 0.25) is 10.0 Å². The summed E-state index contributed by atoms with van der Waals surface area (Å²) in [5, 5.41) is 2.90. The zero-order valence-corrected chi connectivity index (χ0v) is 15.2. The van der Waals surface area contributed by atoms with Gasteiger partial charge in [0.15, 0.2) is 0 Å². The SMILES string of the molecule is COC(=O)C1CCCCC1S(=O)(=O)N1CC2CCCC(C1)N2.Cl. The van der Waals surface area contributed by atoms with Crippen LogP contribution in [0.5, 0.6) is 0 Å². The first kappa shape index (κ1) is 19.0. The van der Waals surface area contributed by atoms with Gasteiger partial charge in [0, 0.05) is 25.2 Å². The number of ether oxygens (including phenoxy) is 1. The molecule has 0 radical (unpaired) electrons. The van der Waals surface area contributed by atoms with Crippen LogP contribution in [0.4, 0.5) is 0 Å². The number of esters is 1. The Kier molecular flexibility index (Phi) is 6.33. The van der Waals surface area contributed by atoms with Crippen LogP contribution in [0.2, 0.25) is 0 Å². The fraction of sp³-hybridized carbons (Fsp3) is 0.933. The number of hydrogen-bond acceptors (Lipinski definition) is 5. The minimum absolute atomic E-state index is 0. The highest BCUT2D eigenvalue weighted by atomic mass is 35.5. The Morgan fingerprint density at radius 1 is 1.04 bits per heavy atom. The quantitative estimate of drug-likeness (QED) is 0.762. The highest BCUT2D eigenvalue weighted by Crippen LogP contribution is 2.34. The molecule has 4 unspecified atom stereocenters. The van der Waals surface area contributed by atoms with E-state index in [0.717, 1.165) is 25.7 Å². The number of halogens is 1. The zero-order valence-electron chi connectivity index (χ0n) is 13.6. The first-order valence-corrected chi connectivity index (χ1v) is 9.85. The first-order valence-electron chi connectivity index (χ1n) is 8.35. The molecule has 2 heterocycles. The number of piperazine rings is 1. The fourth-order valence-corrected chi connectivity index (χ4v) is 6.52. The monoisotopic (exact) mass is 366 g/mol. The van der Waals surface area contributed by atoms with E-state index < -0.39 is 21.2 Å². The molecule has 6 nitrogen and oxygen atoms in total. The molecule has 134 valence electrons. The molecule has 1 saturated carbocycles. The molecule has 0 aromatic heterocycles. The van der Waals surface area contributed by atoms with Crippen LogP contribution in [0, 0.1) is 5.92 Å². The number of nitrogens with one attached hydrogen (secondary N) is 1. The third kappa shape index (κ3) is 3.83. The van der Waals surface area contributed by atoms with Gasteiger partial charge in [-0.3, -0.25) is 4.79 Å². The molecule has 1 aliphatic carbocycles. The van der Waals surface area contributed by atoms with Crippen LogP contribution in [0.1, 0.15) is 44.9 Å². The maximum atomic E-state index is 13.1. The maximum Gasteiger partial charge on any atom is 0.310 e. The summed E-state index contributed by atoms with van der Waals surface area (Å²) in [6.45, 7) is 1.09. The minimum atomic E-state index is -3.44. The Morgan fingerprint density at radius 3 is 2.26 bits per heavy atom. The lowest BCUT2D eigenvalue weighted by molar-refractivity contribution is -0.146. The average Bonchev–Trinajstić information content (AvgIpc) is 2.53. The number of piperidine rings is 1. The molecule has 3 aliphatic rings. The van der Waals surface area contributed by atoms with E-state index in [1.807, 2.05) is 0 Å². The summed E-state index contributed by atoms with van der Waals surface area (Å²) in [7, 11) is -2.10. The van der Waals surface area contributed by atoms with Crippen LogP contribution in [-0.4, -0.2) is 56.2 Å². The van der Waals surface area contributed by atoms with E-state index in [2.05, 4.69) is 5.32 Å². The topological polar surface area (TPSA) is 75.7 Å². The number of sulfonamides is 1. The fourth-order valence-electron chi connectivity index (χ4n) is 4.24. The maximum absolute atomic E-state index is 13.1. The Labute approximate surface area is 144 Å². The molecular weight excluding hydrogens is 340 g/mol. The molecule has 4 atom stereocenters. The summed E-state index contributed by atoms with van der Waals surface area (Å²) < 4.78 is 32.7. The van der Waals surface area contributed by atoms with Crippen molar-refractivity contribution < 1.29 is 17.9 Å². The van der Waals surface area contributed by atoms with Crippen molar-refractivity contribution in [1.29, 1.82) is 0 Å². The number of methoxy groups -OCH3 is 1. The van der Waals surface area contributed by atoms with Gasteiger partial charge in [0.25, 0.3) is 0 Å². The predicted molar refractivity (Wildman–Crippen MR) is 90.1 cm³/mol. The normalized spacial score (nSPS) is 35.2. The molecule has 0 amide bonds. The highest BCUT2D eigenvalue weighted by molar-refractivity contribution is 7.89. The molecule has 3 fully saturated rings. The second-order valence-electron chi connectivity index (χ2n) is 6.81. The van der Waals surface area contributed by atoms with Crippen molar-refractivity contribution >= 4 is 28.4 Å². The Bertz CT molecular complexity index is 516. The molecule has 8 heteroatoms. The second-order valence-corrected chi connectivity index (χ2v) is 8.96. The number of nitrogens with zero attached hydrogens (tertiary/aromatic N) is 1. The van der Waals surface area contributed by atoms with Crippen LogP contribution in [0.3, 0.4) is 0 Å². The summed E-state index contributed by atoms with van der Waals surface area (Å²) in [5.74, 6) is -0.873. The Morgan fingerprint density at radius 2 is 1.65 bits per heavy atom. The van der Waals surface area contributed by atoms with E-state index in [4.69, 9.17) is 4.74 Å². The molecule has 3 rings (SSSR count). The van der Waals surface area contributed by atoms with E-state index in [0.29, 0.717) is 25.9 Å². The van der Waals surface area contributed by atoms with Crippen LogP contribution >= 0.6 is 12.4 Å². The smallest absolute Gasteiger partial charge is 0.310 e. The standard InChI is InChI=1S/C15H26N2O4S.ClH/c1-21-15(18)13-7-2-3-8-14(13)22(19,20)17-9-11-5-4-6-12(10-17)16-11;/h11-14,16H,2-10H2,1H3;1H. The van der Waals surface area contributed by atoms with Crippen LogP contribution in [0.25, 0.3) is 0 Å². The lowest BCUT2D eigenvalue weighted by Crippen LogP contribution is -2.61. The molecule has 0 spiro atoms. The van der Waals surface area contributed by atoms with Crippen molar-refractivity contribution in [3.8, 4) is 0 Å². The molecule has 2 aliphatic heterocycles. The molecule has 23 heavy (non-hydrogen) atoms. The molecular formula is C15H27ClN2O4S. The van der Waals surface area contributed by atoms with Gasteiger partial charge >= 0.3 is 5.97 Å². The van der Waals surface area contributed by atoms with Gasteiger partial charge in [-0.05, 0) is 25.7 Å². The Balaban J connectivity index is 0.00000192. The van der Waals surface area contributed by atoms with Crippen LogP contribution in [-0.2, 0) is 19.6 Å². The molecule has 0 aromatic rings. The lowest BCUT2D eigenvalue weighted by atomic mass is 9.89. The third-order valence-corrected chi connectivity index (χ3v) is 7.72. The molecule has 2 saturated heterocycles. The van der Waals surface area contributed by atoms with Gasteiger partial charge in [-0.1, -0.05) is 19.3 Å². The van der Waals surface area contributed by atoms with Crippen molar-refractivity contribution in [2.24, 2.45) is 5.92 Å². The van der Waals surface area contributed by atoms with E-state index in [-0.39, 0.29) is 30.5 Å². The number of carbonyl (C=O) groups is 1. The Hall–Kier alpha value is -0.370. The average molecular weight is 367 g/mol. The summed E-state index contributed by atoms with van der Waals surface area (Å²) in [6.07, 6.45) is 6.21. The van der Waals surface area contributed by atoms with Gasteiger partial charge < -0.3 is 10.1 Å². The first-order chi connectivity index (χ1) is 10.5. The number of hydrogen-bond donors (Lipinski definition) is 1. The third-order valence-electron chi connectivity index (χ3n) is 5.37. The van der Waals surface area contributed by atoms with Crippen molar-refractivity contribution in [2.75, 3.05) is 20.2 Å². The van der Waals surface area contributed by atoms with Crippen molar-refractivity contribution in [3.63, 3.8) is 0 Å². The molecule has 2 bridgehead atoms.